The Bertz CT molecular complexity index is 819. The molecular weight excluding hydrogens is 263 g/mol. The van der Waals surface area contributed by atoms with Crippen molar-refractivity contribution < 1.29 is 4.39 Å². The highest BCUT2D eigenvalue weighted by Crippen LogP contribution is 2.30. The first-order valence-corrected chi connectivity index (χ1v) is 6.75. The maximum atomic E-state index is 14.0. The average Bonchev–Trinajstić information content (AvgIpc) is 2.70. The minimum absolute atomic E-state index is 0.236. The van der Waals surface area contributed by atoms with Gasteiger partial charge in [-0.25, -0.2) is 4.39 Å². The van der Waals surface area contributed by atoms with E-state index in [9.17, 15) is 9.18 Å². The van der Waals surface area contributed by atoms with Gasteiger partial charge in [-0.1, -0.05) is 6.07 Å². The van der Waals surface area contributed by atoms with Crippen molar-refractivity contribution in [2.75, 3.05) is 14.1 Å². The van der Waals surface area contributed by atoms with Crippen LogP contribution < -0.4 is 5.56 Å². The molecule has 0 amide bonds. The minimum Gasteiger partial charge on any atom is -0.313 e. The molecule has 2 aromatic heterocycles. The van der Waals surface area contributed by atoms with Gasteiger partial charge in [0.05, 0.1) is 5.39 Å². The zero-order chi connectivity index (χ0) is 13.6. The Morgan fingerprint density at radius 1 is 1.32 bits per heavy atom. The summed E-state index contributed by atoms with van der Waals surface area (Å²) in [6, 6.07) is 6.57. The Hall–Kier alpha value is -1.72. The van der Waals surface area contributed by atoms with Crippen molar-refractivity contribution in [2.45, 2.75) is 6.54 Å². The van der Waals surface area contributed by atoms with E-state index in [-0.39, 0.29) is 11.4 Å². The molecule has 1 N–H and O–H groups in total. The molecule has 98 valence electrons. The van der Waals surface area contributed by atoms with E-state index in [0.29, 0.717) is 10.8 Å². The molecule has 3 rings (SSSR count). The molecule has 0 aliphatic heterocycles. The molecule has 2 heterocycles. The van der Waals surface area contributed by atoms with E-state index in [4.69, 9.17) is 0 Å². The quantitative estimate of drug-likeness (QED) is 0.781. The van der Waals surface area contributed by atoms with Crippen LogP contribution in [0.25, 0.3) is 21.0 Å². The molecule has 0 aliphatic rings. The Kier molecular flexibility index (Phi) is 2.88. The highest BCUT2D eigenvalue weighted by atomic mass is 32.1. The molecule has 0 aliphatic carbocycles. The molecule has 0 atom stereocenters. The van der Waals surface area contributed by atoms with E-state index in [1.165, 1.54) is 17.4 Å². The second-order valence-corrected chi connectivity index (χ2v) is 5.95. The van der Waals surface area contributed by atoms with Crippen LogP contribution in [0, 0.1) is 5.82 Å². The van der Waals surface area contributed by atoms with Crippen molar-refractivity contribution in [1.29, 1.82) is 0 Å². The molecule has 0 unspecified atom stereocenters. The third-order valence-electron chi connectivity index (χ3n) is 3.01. The largest absolute Gasteiger partial charge is 0.313 e. The summed E-state index contributed by atoms with van der Waals surface area (Å²) < 4.78 is 14.0. The minimum atomic E-state index is -0.345. The number of H-pyrrole nitrogens is 1. The first-order valence-electron chi connectivity index (χ1n) is 5.94. The molecule has 0 bridgehead atoms. The van der Waals surface area contributed by atoms with Crippen LogP contribution in [0.1, 0.15) is 4.88 Å². The summed E-state index contributed by atoms with van der Waals surface area (Å²) in [6.07, 6.45) is 0. The fraction of sp³-hybridized carbons (Fsp3) is 0.214. The maximum Gasteiger partial charge on any atom is 0.257 e. The maximum absolute atomic E-state index is 14.0. The molecule has 5 heteroatoms. The van der Waals surface area contributed by atoms with E-state index >= 15 is 0 Å². The average molecular weight is 276 g/mol. The highest BCUT2D eigenvalue weighted by Gasteiger charge is 2.12. The smallest absolute Gasteiger partial charge is 0.257 e. The lowest BCUT2D eigenvalue weighted by molar-refractivity contribution is 0.406. The van der Waals surface area contributed by atoms with Crippen LogP contribution in [0.15, 0.2) is 29.1 Å². The normalized spacial score (nSPS) is 11.8. The number of pyridine rings is 1. The molecule has 0 saturated heterocycles. The molecule has 19 heavy (non-hydrogen) atoms. The van der Waals surface area contributed by atoms with Gasteiger partial charge in [-0.15, -0.1) is 11.3 Å². The number of aromatic nitrogens is 1. The summed E-state index contributed by atoms with van der Waals surface area (Å²) in [7, 11) is 3.96. The number of hydrogen-bond acceptors (Lipinski definition) is 3. The number of nitrogens with zero attached hydrogens (tertiary/aromatic N) is 1. The summed E-state index contributed by atoms with van der Waals surface area (Å²) in [5, 5.41) is 1.61. The van der Waals surface area contributed by atoms with Crippen LogP contribution in [0.2, 0.25) is 0 Å². The van der Waals surface area contributed by atoms with Crippen LogP contribution in [0.4, 0.5) is 4.39 Å². The van der Waals surface area contributed by atoms with E-state index in [1.807, 2.05) is 25.1 Å². The van der Waals surface area contributed by atoms with Crippen molar-refractivity contribution in [3.8, 4) is 0 Å². The molecule has 1 aromatic carbocycles. The van der Waals surface area contributed by atoms with Crippen LogP contribution in [0.3, 0.4) is 0 Å². The third-order valence-corrected chi connectivity index (χ3v) is 4.05. The van der Waals surface area contributed by atoms with Crippen molar-refractivity contribution in [1.82, 2.24) is 9.88 Å². The van der Waals surface area contributed by atoms with Gasteiger partial charge in [-0.2, -0.15) is 0 Å². The van der Waals surface area contributed by atoms with Gasteiger partial charge in [0.1, 0.15) is 10.6 Å². The van der Waals surface area contributed by atoms with E-state index in [1.54, 1.807) is 12.1 Å². The second-order valence-electron chi connectivity index (χ2n) is 4.81. The van der Waals surface area contributed by atoms with Gasteiger partial charge in [-0.05, 0) is 32.3 Å². The molecule has 0 radical (unpaired) electrons. The number of nitrogens with one attached hydrogen (secondary N) is 1. The first kappa shape index (κ1) is 12.3. The lowest BCUT2D eigenvalue weighted by Gasteiger charge is -2.05. The number of benzene rings is 1. The summed E-state index contributed by atoms with van der Waals surface area (Å²) in [4.78, 5) is 18.7. The molecule has 0 spiro atoms. The Morgan fingerprint density at radius 3 is 2.84 bits per heavy atom. The van der Waals surface area contributed by atoms with Crippen molar-refractivity contribution in [2.24, 2.45) is 0 Å². The lowest BCUT2D eigenvalue weighted by Crippen LogP contribution is -2.09. The molecule has 0 fully saturated rings. The van der Waals surface area contributed by atoms with Crippen molar-refractivity contribution >= 4 is 32.3 Å². The van der Waals surface area contributed by atoms with E-state index in [2.05, 4.69) is 4.98 Å². The van der Waals surface area contributed by atoms with Crippen LogP contribution in [-0.2, 0) is 6.54 Å². The number of hydrogen-bond donors (Lipinski definition) is 1. The number of halogens is 1. The Morgan fingerprint density at radius 2 is 2.11 bits per heavy atom. The lowest BCUT2D eigenvalue weighted by atomic mass is 10.1. The number of fused-ring (bicyclic) bond motifs is 3. The standard InChI is InChI=1S/C14H13FN2OS/c1-17(2)7-8-6-10-12-9(4-3-5-11(12)15)13(18)16-14(10)19-8/h3-6H,7H2,1-2H3,(H,16,18). The molecule has 3 nitrogen and oxygen atoms in total. The number of aromatic amines is 1. The van der Waals surface area contributed by atoms with Gasteiger partial charge < -0.3 is 9.88 Å². The fourth-order valence-corrected chi connectivity index (χ4v) is 3.44. The van der Waals surface area contributed by atoms with E-state index in [0.717, 1.165) is 21.6 Å². The van der Waals surface area contributed by atoms with Gasteiger partial charge in [0.25, 0.3) is 5.56 Å². The zero-order valence-electron chi connectivity index (χ0n) is 10.7. The van der Waals surface area contributed by atoms with Crippen molar-refractivity contribution in [3.05, 3.63) is 45.3 Å². The summed E-state index contributed by atoms with van der Waals surface area (Å²) >= 11 is 1.50. The second kappa shape index (κ2) is 4.43. The fourth-order valence-electron chi connectivity index (χ4n) is 2.27. The van der Waals surface area contributed by atoms with Crippen LogP contribution >= 0.6 is 11.3 Å². The summed E-state index contributed by atoms with van der Waals surface area (Å²) in [5.41, 5.74) is -0.236. The molecular formula is C14H13FN2OS. The van der Waals surface area contributed by atoms with Crippen LogP contribution in [-0.4, -0.2) is 24.0 Å². The first-order chi connectivity index (χ1) is 9.06. The topological polar surface area (TPSA) is 36.1 Å². The summed E-state index contributed by atoms with van der Waals surface area (Å²) in [5.74, 6) is -0.345. The molecule has 3 aromatic rings. The van der Waals surface area contributed by atoms with Crippen LogP contribution in [0.5, 0.6) is 0 Å². The van der Waals surface area contributed by atoms with Crippen molar-refractivity contribution in [3.63, 3.8) is 0 Å². The highest BCUT2D eigenvalue weighted by molar-refractivity contribution is 7.18. The number of thiophene rings is 1. The monoisotopic (exact) mass is 276 g/mol. The number of rotatable bonds is 2. The predicted octanol–water partition coefficient (Wildman–Crippen LogP) is 2.94. The van der Waals surface area contributed by atoms with Gasteiger partial charge in [0.2, 0.25) is 0 Å². The predicted molar refractivity (Wildman–Crippen MR) is 77.3 cm³/mol. The molecule has 0 saturated carbocycles. The SMILES string of the molecule is CN(C)Cc1cc2c([nH]c(=O)c3cccc(F)c32)s1. The van der Waals surface area contributed by atoms with Gasteiger partial charge in [0.15, 0.2) is 0 Å². The van der Waals surface area contributed by atoms with Gasteiger partial charge >= 0.3 is 0 Å². The third kappa shape index (κ3) is 2.05. The Balaban J connectivity index is 2.39. The Labute approximate surface area is 113 Å². The van der Waals surface area contributed by atoms with E-state index < -0.39 is 0 Å². The van der Waals surface area contributed by atoms with Gasteiger partial charge in [-0.3, -0.25) is 4.79 Å². The summed E-state index contributed by atoms with van der Waals surface area (Å²) in [6.45, 7) is 0.775. The van der Waals surface area contributed by atoms with Gasteiger partial charge in [0, 0.05) is 22.2 Å². The zero-order valence-corrected chi connectivity index (χ0v) is 11.5.